The van der Waals surface area contributed by atoms with Crippen molar-refractivity contribution < 1.29 is 4.79 Å². The fraction of sp³-hybridized carbons (Fsp3) is 0.615. The Kier molecular flexibility index (Phi) is 2.78. The molecule has 1 heterocycles. The van der Waals surface area contributed by atoms with Gasteiger partial charge in [0.1, 0.15) is 5.69 Å². The van der Waals surface area contributed by atoms with Crippen molar-refractivity contribution in [3.8, 4) is 0 Å². The van der Waals surface area contributed by atoms with Gasteiger partial charge in [0.25, 0.3) is 5.91 Å². The summed E-state index contributed by atoms with van der Waals surface area (Å²) in [6.07, 6.45) is 5.28. The predicted octanol–water partition coefficient (Wildman–Crippen LogP) is 2.33. The molecule has 1 unspecified atom stereocenters. The van der Waals surface area contributed by atoms with Crippen LogP contribution >= 0.6 is 0 Å². The second-order valence-electron chi connectivity index (χ2n) is 5.58. The smallest absolute Gasteiger partial charge is 0.268 e. The van der Waals surface area contributed by atoms with Gasteiger partial charge in [0.05, 0.1) is 0 Å². The Morgan fingerprint density at radius 1 is 1.56 bits per heavy atom. The molecule has 1 saturated carbocycles. The standard InChI is InChI=1S/C13H20N2O/c1-13(2)7-6-10(9-13)14-12(16)11-5-4-8-15(11)3/h4-5,8,10H,6-7,9H2,1-3H3,(H,14,16). The minimum Gasteiger partial charge on any atom is -0.348 e. The molecular weight excluding hydrogens is 200 g/mol. The Morgan fingerprint density at radius 3 is 2.81 bits per heavy atom. The quantitative estimate of drug-likeness (QED) is 0.815. The van der Waals surface area contributed by atoms with Crippen LogP contribution in [0.1, 0.15) is 43.6 Å². The number of rotatable bonds is 2. The monoisotopic (exact) mass is 220 g/mol. The molecule has 1 N–H and O–H groups in total. The van der Waals surface area contributed by atoms with Crippen LogP contribution in [0.4, 0.5) is 0 Å². The first kappa shape index (κ1) is 11.2. The van der Waals surface area contributed by atoms with Gasteiger partial charge in [-0.2, -0.15) is 0 Å². The van der Waals surface area contributed by atoms with Crippen molar-refractivity contribution in [3.63, 3.8) is 0 Å². The van der Waals surface area contributed by atoms with E-state index >= 15 is 0 Å². The van der Waals surface area contributed by atoms with E-state index in [9.17, 15) is 4.79 Å². The Labute approximate surface area is 96.8 Å². The zero-order valence-corrected chi connectivity index (χ0v) is 10.3. The molecule has 1 atom stereocenters. The van der Waals surface area contributed by atoms with Crippen LogP contribution in [0.5, 0.6) is 0 Å². The van der Waals surface area contributed by atoms with Crippen LogP contribution in [0.25, 0.3) is 0 Å². The predicted molar refractivity (Wildman–Crippen MR) is 64.3 cm³/mol. The lowest BCUT2D eigenvalue weighted by molar-refractivity contribution is 0.0928. The second-order valence-corrected chi connectivity index (χ2v) is 5.58. The zero-order valence-electron chi connectivity index (χ0n) is 10.3. The van der Waals surface area contributed by atoms with Crippen LogP contribution in [-0.2, 0) is 7.05 Å². The van der Waals surface area contributed by atoms with Crippen molar-refractivity contribution in [2.24, 2.45) is 12.5 Å². The average Bonchev–Trinajstić information content (AvgIpc) is 2.72. The topological polar surface area (TPSA) is 34.0 Å². The molecule has 16 heavy (non-hydrogen) atoms. The highest BCUT2D eigenvalue weighted by Crippen LogP contribution is 2.36. The van der Waals surface area contributed by atoms with Gasteiger partial charge in [-0.1, -0.05) is 13.8 Å². The summed E-state index contributed by atoms with van der Waals surface area (Å²) in [6.45, 7) is 4.53. The van der Waals surface area contributed by atoms with E-state index in [0.717, 1.165) is 18.5 Å². The van der Waals surface area contributed by atoms with Crippen molar-refractivity contribution in [1.29, 1.82) is 0 Å². The van der Waals surface area contributed by atoms with Crippen LogP contribution < -0.4 is 5.32 Å². The molecule has 1 aliphatic rings. The van der Waals surface area contributed by atoms with Gasteiger partial charge in [-0.05, 0) is 36.8 Å². The summed E-state index contributed by atoms with van der Waals surface area (Å²) in [5.41, 5.74) is 1.12. The van der Waals surface area contributed by atoms with E-state index in [1.54, 1.807) is 0 Å². The van der Waals surface area contributed by atoms with E-state index in [0.29, 0.717) is 11.5 Å². The fourth-order valence-electron chi connectivity index (χ4n) is 2.52. The van der Waals surface area contributed by atoms with E-state index in [1.807, 2.05) is 29.9 Å². The highest BCUT2D eigenvalue weighted by atomic mass is 16.2. The normalized spacial score (nSPS) is 23.3. The lowest BCUT2D eigenvalue weighted by Crippen LogP contribution is -2.34. The van der Waals surface area contributed by atoms with Gasteiger partial charge in [-0.25, -0.2) is 0 Å². The molecule has 1 aromatic rings. The van der Waals surface area contributed by atoms with Crippen LogP contribution in [0.15, 0.2) is 18.3 Å². The molecule has 1 aliphatic carbocycles. The van der Waals surface area contributed by atoms with Gasteiger partial charge in [0.2, 0.25) is 0 Å². The molecule has 1 amide bonds. The highest BCUT2D eigenvalue weighted by Gasteiger charge is 2.31. The summed E-state index contributed by atoms with van der Waals surface area (Å²) in [5.74, 6) is 0.0511. The number of hydrogen-bond acceptors (Lipinski definition) is 1. The number of carbonyl (C=O) groups excluding carboxylic acids is 1. The van der Waals surface area contributed by atoms with Crippen molar-refractivity contribution >= 4 is 5.91 Å². The van der Waals surface area contributed by atoms with E-state index in [-0.39, 0.29) is 5.91 Å². The number of aryl methyl sites for hydroxylation is 1. The third-order valence-electron chi connectivity index (χ3n) is 3.48. The first-order valence-electron chi connectivity index (χ1n) is 5.90. The molecule has 0 spiro atoms. The number of amides is 1. The molecule has 1 aromatic heterocycles. The number of nitrogens with one attached hydrogen (secondary N) is 1. The molecule has 88 valence electrons. The largest absolute Gasteiger partial charge is 0.348 e. The number of carbonyl (C=O) groups is 1. The molecule has 0 saturated heterocycles. The van der Waals surface area contributed by atoms with Crippen molar-refractivity contribution in [2.45, 2.75) is 39.2 Å². The summed E-state index contributed by atoms with van der Waals surface area (Å²) < 4.78 is 1.86. The van der Waals surface area contributed by atoms with Gasteiger partial charge >= 0.3 is 0 Å². The molecule has 0 aliphatic heterocycles. The van der Waals surface area contributed by atoms with E-state index in [2.05, 4.69) is 19.2 Å². The SMILES string of the molecule is Cn1cccc1C(=O)NC1CCC(C)(C)C1. The average molecular weight is 220 g/mol. The molecule has 0 aromatic carbocycles. The van der Waals surface area contributed by atoms with Gasteiger partial charge in [0, 0.05) is 19.3 Å². The number of hydrogen-bond donors (Lipinski definition) is 1. The Hall–Kier alpha value is -1.25. The van der Waals surface area contributed by atoms with Crippen molar-refractivity contribution in [2.75, 3.05) is 0 Å². The second kappa shape index (κ2) is 3.96. The lowest BCUT2D eigenvalue weighted by Gasteiger charge is -2.17. The maximum absolute atomic E-state index is 12.0. The Morgan fingerprint density at radius 2 is 2.31 bits per heavy atom. The maximum Gasteiger partial charge on any atom is 0.268 e. The van der Waals surface area contributed by atoms with Crippen LogP contribution in [0.3, 0.4) is 0 Å². The summed E-state index contributed by atoms with van der Waals surface area (Å²) in [6, 6.07) is 4.10. The van der Waals surface area contributed by atoms with E-state index in [1.165, 1.54) is 6.42 Å². The first-order chi connectivity index (χ1) is 7.48. The van der Waals surface area contributed by atoms with Gasteiger partial charge in [-0.15, -0.1) is 0 Å². The molecular formula is C13H20N2O. The number of nitrogens with zero attached hydrogens (tertiary/aromatic N) is 1. The minimum atomic E-state index is 0.0511. The summed E-state index contributed by atoms with van der Waals surface area (Å²) in [7, 11) is 1.90. The molecule has 0 radical (unpaired) electrons. The summed E-state index contributed by atoms with van der Waals surface area (Å²) in [4.78, 5) is 12.0. The molecule has 3 nitrogen and oxygen atoms in total. The number of aromatic nitrogens is 1. The van der Waals surface area contributed by atoms with E-state index in [4.69, 9.17) is 0 Å². The third-order valence-corrected chi connectivity index (χ3v) is 3.48. The molecule has 0 bridgehead atoms. The molecule has 3 heteroatoms. The van der Waals surface area contributed by atoms with Gasteiger partial charge < -0.3 is 9.88 Å². The van der Waals surface area contributed by atoms with Crippen molar-refractivity contribution in [1.82, 2.24) is 9.88 Å². The molecule has 2 rings (SSSR count). The minimum absolute atomic E-state index is 0.0511. The van der Waals surface area contributed by atoms with Gasteiger partial charge in [-0.3, -0.25) is 4.79 Å². The Balaban J connectivity index is 1.97. The zero-order chi connectivity index (χ0) is 11.8. The molecule has 1 fully saturated rings. The maximum atomic E-state index is 12.0. The summed E-state index contributed by atoms with van der Waals surface area (Å²) >= 11 is 0. The first-order valence-corrected chi connectivity index (χ1v) is 5.90. The third kappa shape index (κ3) is 2.29. The van der Waals surface area contributed by atoms with Crippen molar-refractivity contribution in [3.05, 3.63) is 24.0 Å². The highest BCUT2D eigenvalue weighted by molar-refractivity contribution is 5.92. The summed E-state index contributed by atoms with van der Waals surface area (Å²) in [5, 5.41) is 3.12. The lowest BCUT2D eigenvalue weighted by atomic mass is 9.92. The van der Waals surface area contributed by atoms with Crippen LogP contribution in [-0.4, -0.2) is 16.5 Å². The van der Waals surface area contributed by atoms with Crippen LogP contribution in [0.2, 0.25) is 0 Å². The fourth-order valence-corrected chi connectivity index (χ4v) is 2.52. The van der Waals surface area contributed by atoms with Gasteiger partial charge in [0.15, 0.2) is 0 Å². The van der Waals surface area contributed by atoms with Crippen LogP contribution in [0, 0.1) is 5.41 Å². The van der Waals surface area contributed by atoms with E-state index < -0.39 is 0 Å². The Bertz CT molecular complexity index is 392.